The Bertz CT molecular complexity index is 697. The Morgan fingerprint density at radius 3 is 2.52 bits per heavy atom. The van der Waals surface area contributed by atoms with Gasteiger partial charge in [0.1, 0.15) is 0 Å². The Labute approximate surface area is 150 Å². The van der Waals surface area contributed by atoms with Gasteiger partial charge in [-0.1, -0.05) is 42.5 Å². The van der Waals surface area contributed by atoms with Crippen molar-refractivity contribution in [2.24, 2.45) is 11.7 Å². The molecular weight excluding hydrogens is 310 g/mol. The minimum Gasteiger partial charge on any atom is -0.350 e. The Hall–Kier alpha value is -2.17. The first-order chi connectivity index (χ1) is 12.1. The third kappa shape index (κ3) is 5.41. The smallest absolute Gasteiger partial charge is 0.251 e. The topological polar surface area (TPSA) is 58.4 Å². The van der Waals surface area contributed by atoms with Crippen molar-refractivity contribution in [2.45, 2.75) is 32.0 Å². The van der Waals surface area contributed by atoms with Gasteiger partial charge >= 0.3 is 0 Å². The lowest BCUT2D eigenvalue weighted by Crippen LogP contribution is -2.38. The molecule has 1 saturated carbocycles. The first-order valence-corrected chi connectivity index (χ1v) is 8.97. The number of hydrogen-bond acceptors (Lipinski definition) is 3. The minimum atomic E-state index is -0.0383. The second-order valence-corrected chi connectivity index (χ2v) is 7.07. The van der Waals surface area contributed by atoms with Crippen LogP contribution in [-0.4, -0.2) is 30.4 Å². The largest absolute Gasteiger partial charge is 0.350 e. The summed E-state index contributed by atoms with van der Waals surface area (Å²) in [5, 5.41) is 2.96. The Morgan fingerprint density at radius 2 is 1.80 bits per heavy atom. The van der Waals surface area contributed by atoms with E-state index in [1.165, 1.54) is 18.4 Å². The van der Waals surface area contributed by atoms with E-state index < -0.39 is 0 Å². The number of nitrogens with one attached hydrogen (secondary N) is 1. The molecule has 4 heteroatoms. The van der Waals surface area contributed by atoms with E-state index in [9.17, 15) is 4.79 Å². The molecule has 1 unspecified atom stereocenters. The third-order valence-electron chi connectivity index (χ3n) is 4.66. The van der Waals surface area contributed by atoms with Gasteiger partial charge in [-0.05, 0) is 49.1 Å². The molecule has 4 nitrogen and oxygen atoms in total. The predicted molar refractivity (Wildman–Crippen MR) is 101 cm³/mol. The van der Waals surface area contributed by atoms with Crippen LogP contribution in [0.15, 0.2) is 54.6 Å². The molecule has 1 amide bonds. The van der Waals surface area contributed by atoms with Gasteiger partial charge in [0.25, 0.3) is 5.91 Å². The van der Waals surface area contributed by atoms with Gasteiger partial charge in [0.15, 0.2) is 0 Å². The molecule has 0 saturated heterocycles. The van der Waals surface area contributed by atoms with Gasteiger partial charge in [-0.25, -0.2) is 0 Å². The molecule has 0 radical (unpaired) electrons. The van der Waals surface area contributed by atoms with E-state index in [0.29, 0.717) is 18.0 Å². The number of hydrogen-bond donors (Lipinski definition) is 2. The number of amides is 1. The van der Waals surface area contributed by atoms with Crippen LogP contribution >= 0.6 is 0 Å². The van der Waals surface area contributed by atoms with Crippen LogP contribution in [-0.2, 0) is 13.1 Å². The van der Waals surface area contributed by atoms with Gasteiger partial charge in [-0.2, -0.15) is 0 Å². The van der Waals surface area contributed by atoms with Crippen molar-refractivity contribution in [3.05, 3.63) is 71.3 Å². The lowest BCUT2D eigenvalue weighted by Gasteiger charge is -2.17. The van der Waals surface area contributed by atoms with Crippen LogP contribution in [0.4, 0.5) is 0 Å². The molecule has 0 heterocycles. The molecule has 132 valence electrons. The SMILES string of the molecule is CN(Cc1ccccc1)Cc1cccc(C(=O)NCC(N)C2CC2)c1. The molecule has 1 fully saturated rings. The van der Waals surface area contributed by atoms with E-state index in [-0.39, 0.29) is 11.9 Å². The number of nitrogens with two attached hydrogens (primary N) is 1. The number of benzene rings is 2. The molecule has 1 aliphatic carbocycles. The summed E-state index contributed by atoms with van der Waals surface area (Å²) >= 11 is 0. The molecule has 0 bridgehead atoms. The van der Waals surface area contributed by atoms with Crippen molar-refractivity contribution in [3.8, 4) is 0 Å². The molecule has 0 aromatic heterocycles. The number of carbonyl (C=O) groups is 1. The van der Waals surface area contributed by atoms with Crippen LogP contribution in [0.3, 0.4) is 0 Å². The monoisotopic (exact) mass is 337 g/mol. The predicted octanol–water partition coefficient (Wildman–Crippen LogP) is 2.79. The van der Waals surface area contributed by atoms with E-state index in [0.717, 1.165) is 18.7 Å². The zero-order chi connectivity index (χ0) is 17.6. The minimum absolute atomic E-state index is 0.0383. The molecule has 1 aliphatic rings. The highest BCUT2D eigenvalue weighted by Crippen LogP contribution is 2.31. The first-order valence-electron chi connectivity index (χ1n) is 8.97. The summed E-state index contributed by atoms with van der Waals surface area (Å²) in [6.45, 7) is 2.24. The van der Waals surface area contributed by atoms with Crippen LogP contribution in [0, 0.1) is 5.92 Å². The van der Waals surface area contributed by atoms with Gasteiger partial charge in [-0.15, -0.1) is 0 Å². The van der Waals surface area contributed by atoms with Gasteiger partial charge in [0.2, 0.25) is 0 Å². The molecule has 1 atom stereocenters. The molecule has 0 aliphatic heterocycles. The van der Waals surface area contributed by atoms with Crippen LogP contribution in [0.25, 0.3) is 0 Å². The maximum absolute atomic E-state index is 12.3. The fourth-order valence-electron chi connectivity index (χ4n) is 3.08. The van der Waals surface area contributed by atoms with Gasteiger partial charge in [0.05, 0.1) is 0 Å². The van der Waals surface area contributed by atoms with E-state index >= 15 is 0 Å². The number of nitrogens with zero attached hydrogens (tertiary/aromatic N) is 1. The second kappa shape index (κ2) is 8.28. The normalized spacial score (nSPS) is 15.2. The van der Waals surface area contributed by atoms with Crippen LogP contribution in [0.5, 0.6) is 0 Å². The van der Waals surface area contributed by atoms with Crippen molar-refractivity contribution >= 4 is 5.91 Å². The van der Waals surface area contributed by atoms with Crippen molar-refractivity contribution in [1.82, 2.24) is 10.2 Å². The molecular formula is C21H27N3O. The Morgan fingerprint density at radius 1 is 1.12 bits per heavy atom. The molecule has 0 spiro atoms. The maximum Gasteiger partial charge on any atom is 0.251 e. The Kier molecular flexibility index (Phi) is 5.84. The fraction of sp³-hybridized carbons (Fsp3) is 0.381. The fourth-order valence-corrected chi connectivity index (χ4v) is 3.08. The second-order valence-electron chi connectivity index (χ2n) is 7.07. The summed E-state index contributed by atoms with van der Waals surface area (Å²) in [5.74, 6) is 0.557. The summed E-state index contributed by atoms with van der Waals surface area (Å²) in [5.41, 5.74) is 9.18. The highest BCUT2D eigenvalue weighted by atomic mass is 16.1. The highest BCUT2D eigenvalue weighted by molar-refractivity contribution is 5.94. The quantitative estimate of drug-likeness (QED) is 0.779. The summed E-state index contributed by atoms with van der Waals surface area (Å²) < 4.78 is 0. The third-order valence-corrected chi connectivity index (χ3v) is 4.66. The van der Waals surface area contributed by atoms with E-state index in [2.05, 4.69) is 47.6 Å². The van der Waals surface area contributed by atoms with Crippen molar-refractivity contribution in [1.29, 1.82) is 0 Å². The average molecular weight is 337 g/mol. The van der Waals surface area contributed by atoms with Gasteiger partial charge in [0, 0.05) is 31.2 Å². The zero-order valence-electron chi connectivity index (χ0n) is 14.8. The maximum atomic E-state index is 12.3. The molecule has 25 heavy (non-hydrogen) atoms. The summed E-state index contributed by atoms with van der Waals surface area (Å²) in [4.78, 5) is 14.6. The number of rotatable bonds is 8. The summed E-state index contributed by atoms with van der Waals surface area (Å²) in [7, 11) is 2.09. The molecule has 3 rings (SSSR count). The lowest BCUT2D eigenvalue weighted by molar-refractivity contribution is 0.0950. The molecule has 3 N–H and O–H groups in total. The van der Waals surface area contributed by atoms with Crippen LogP contribution in [0.1, 0.15) is 34.3 Å². The standard InChI is InChI=1S/C21H27N3O/c1-24(14-16-6-3-2-4-7-16)15-17-8-5-9-19(12-17)21(25)23-13-20(22)18-10-11-18/h2-9,12,18,20H,10-11,13-15,22H2,1H3,(H,23,25). The van der Waals surface area contributed by atoms with E-state index in [4.69, 9.17) is 5.73 Å². The first kappa shape index (κ1) is 17.6. The highest BCUT2D eigenvalue weighted by Gasteiger charge is 2.28. The Balaban J connectivity index is 1.54. The van der Waals surface area contributed by atoms with Crippen molar-refractivity contribution < 1.29 is 4.79 Å². The lowest BCUT2D eigenvalue weighted by atomic mass is 10.1. The van der Waals surface area contributed by atoms with Gasteiger partial charge in [-0.3, -0.25) is 9.69 Å². The van der Waals surface area contributed by atoms with E-state index in [1.54, 1.807) is 0 Å². The van der Waals surface area contributed by atoms with Crippen molar-refractivity contribution in [3.63, 3.8) is 0 Å². The summed E-state index contributed by atoms with van der Waals surface area (Å²) in [6.07, 6.45) is 2.39. The number of carbonyl (C=O) groups excluding carboxylic acids is 1. The zero-order valence-corrected chi connectivity index (χ0v) is 14.8. The average Bonchev–Trinajstić information content (AvgIpc) is 3.45. The van der Waals surface area contributed by atoms with Gasteiger partial charge < -0.3 is 11.1 Å². The molecule has 2 aromatic rings. The van der Waals surface area contributed by atoms with Crippen LogP contribution in [0.2, 0.25) is 0 Å². The summed E-state index contributed by atoms with van der Waals surface area (Å²) in [6, 6.07) is 18.3. The molecule has 2 aromatic carbocycles. The van der Waals surface area contributed by atoms with E-state index in [1.807, 2.05) is 24.3 Å². The van der Waals surface area contributed by atoms with Crippen LogP contribution < -0.4 is 11.1 Å². The van der Waals surface area contributed by atoms with Crippen molar-refractivity contribution in [2.75, 3.05) is 13.6 Å².